The van der Waals surface area contributed by atoms with Gasteiger partial charge in [-0.25, -0.2) is 0 Å². The van der Waals surface area contributed by atoms with Gasteiger partial charge in [-0.1, -0.05) is 0 Å². The Bertz CT molecular complexity index is 351. The average Bonchev–Trinajstić information content (AvgIpc) is 2.16. The standard InChI is InChI=1S/C8H9N2O4/c1-9(11)7-5-6(10(12)13)3-4-8(7)14-2/h3-5H,1-2H3/q-1. The van der Waals surface area contributed by atoms with E-state index in [0.29, 0.717) is 10.8 Å². The Morgan fingerprint density at radius 3 is 2.57 bits per heavy atom. The highest BCUT2D eigenvalue weighted by Crippen LogP contribution is 2.30. The van der Waals surface area contributed by atoms with Crippen LogP contribution in [-0.2, 0) is 0 Å². The zero-order valence-electron chi connectivity index (χ0n) is 7.76. The lowest BCUT2D eigenvalue weighted by Gasteiger charge is -2.26. The fourth-order valence-corrected chi connectivity index (χ4v) is 1.04. The summed E-state index contributed by atoms with van der Waals surface area (Å²) in [6.07, 6.45) is 0. The summed E-state index contributed by atoms with van der Waals surface area (Å²) in [6, 6.07) is 3.85. The van der Waals surface area contributed by atoms with Crippen LogP contribution in [0.3, 0.4) is 0 Å². The maximum Gasteiger partial charge on any atom is 0.271 e. The number of hydrogen-bond acceptors (Lipinski definition) is 5. The van der Waals surface area contributed by atoms with E-state index in [1.54, 1.807) is 0 Å². The third-order valence-corrected chi connectivity index (χ3v) is 1.71. The van der Waals surface area contributed by atoms with Crippen LogP contribution in [0.5, 0.6) is 5.75 Å². The van der Waals surface area contributed by atoms with Crippen LogP contribution in [0.1, 0.15) is 0 Å². The number of benzene rings is 1. The fourth-order valence-electron chi connectivity index (χ4n) is 1.04. The number of nitrogens with zero attached hydrogens (tertiary/aromatic N) is 2. The van der Waals surface area contributed by atoms with Crippen LogP contribution in [0.2, 0.25) is 0 Å². The maximum absolute atomic E-state index is 11.0. The monoisotopic (exact) mass is 197 g/mol. The van der Waals surface area contributed by atoms with Crippen LogP contribution in [0.25, 0.3) is 0 Å². The molecule has 1 rings (SSSR count). The van der Waals surface area contributed by atoms with Gasteiger partial charge in [-0.15, -0.1) is 0 Å². The Morgan fingerprint density at radius 1 is 1.50 bits per heavy atom. The SMILES string of the molecule is COc1ccc([N+](=O)[O-])cc1N(C)[O-]. The lowest BCUT2D eigenvalue weighted by molar-refractivity contribution is -0.384. The Kier molecular flexibility index (Phi) is 2.88. The van der Waals surface area contributed by atoms with Crippen molar-refractivity contribution in [3.05, 3.63) is 33.5 Å². The smallest absolute Gasteiger partial charge is 0.271 e. The predicted octanol–water partition coefficient (Wildman–Crippen LogP) is 1.54. The zero-order valence-corrected chi connectivity index (χ0v) is 7.76. The minimum Gasteiger partial charge on any atom is -0.758 e. The molecular weight excluding hydrogens is 188 g/mol. The van der Waals surface area contributed by atoms with Crippen molar-refractivity contribution in [1.29, 1.82) is 0 Å². The van der Waals surface area contributed by atoms with Gasteiger partial charge in [-0.3, -0.25) is 10.1 Å². The van der Waals surface area contributed by atoms with E-state index in [-0.39, 0.29) is 11.4 Å². The second-order valence-electron chi connectivity index (χ2n) is 2.61. The number of ether oxygens (including phenoxy) is 1. The van der Waals surface area contributed by atoms with E-state index < -0.39 is 4.92 Å². The Balaban J connectivity index is 3.20. The minimum atomic E-state index is -0.563. The molecule has 6 nitrogen and oxygen atoms in total. The number of nitro groups is 1. The van der Waals surface area contributed by atoms with E-state index in [0.717, 1.165) is 0 Å². The first-order valence-electron chi connectivity index (χ1n) is 3.79. The number of rotatable bonds is 3. The van der Waals surface area contributed by atoms with Crippen molar-refractivity contribution in [2.45, 2.75) is 0 Å². The van der Waals surface area contributed by atoms with Gasteiger partial charge in [0.1, 0.15) is 5.75 Å². The van der Waals surface area contributed by atoms with Gasteiger partial charge in [-0.2, -0.15) is 0 Å². The summed E-state index contributed by atoms with van der Waals surface area (Å²) in [4.78, 5) is 9.86. The van der Waals surface area contributed by atoms with E-state index in [1.807, 2.05) is 0 Å². The number of non-ortho nitro benzene ring substituents is 1. The van der Waals surface area contributed by atoms with Crippen LogP contribution in [0.4, 0.5) is 11.4 Å². The minimum absolute atomic E-state index is 0.136. The quantitative estimate of drug-likeness (QED) is 0.542. The van der Waals surface area contributed by atoms with Crippen molar-refractivity contribution < 1.29 is 9.66 Å². The highest BCUT2D eigenvalue weighted by atomic mass is 16.6. The maximum atomic E-state index is 11.0. The van der Waals surface area contributed by atoms with Crippen molar-refractivity contribution in [2.75, 3.05) is 19.2 Å². The van der Waals surface area contributed by atoms with Gasteiger partial charge in [-0.05, 0) is 13.1 Å². The fraction of sp³-hybridized carbons (Fsp3) is 0.250. The Morgan fingerprint density at radius 2 is 2.14 bits per heavy atom. The molecule has 0 fully saturated rings. The van der Waals surface area contributed by atoms with Crippen LogP contribution in [-0.4, -0.2) is 19.1 Å². The molecule has 0 aliphatic rings. The van der Waals surface area contributed by atoms with E-state index in [2.05, 4.69) is 0 Å². The summed E-state index contributed by atoms with van der Waals surface area (Å²) >= 11 is 0. The molecule has 0 atom stereocenters. The molecule has 0 radical (unpaired) electrons. The van der Waals surface area contributed by atoms with E-state index in [4.69, 9.17) is 4.74 Å². The van der Waals surface area contributed by atoms with Gasteiger partial charge in [0.25, 0.3) is 5.69 Å². The molecule has 0 aromatic heterocycles. The zero-order chi connectivity index (χ0) is 10.7. The predicted molar refractivity (Wildman–Crippen MR) is 51.4 cm³/mol. The molecule has 0 amide bonds. The van der Waals surface area contributed by atoms with Crippen molar-refractivity contribution >= 4 is 11.4 Å². The average molecular weight is 197 g/mol. The number of hydroxylamine groups is 1. The van der Waals surface area contributed by atoms with Crippen LogP contribution in [0.15, 0.2) is 18.2 Å². The summed E-state index contributed by atoms with van der Waals surface area (Å²) in [5.41, 5.74) is 0.00481. The van der Waals surface area contributed by atoms with Crippen molar-refractivity contribution in [3.8, 4) is 5.75 Å². The normalized spacial score (nSPS) is 9.64. The molecule has 0 aliphatic heterocycles. The molecule has 6 heteroatoms. The number of anilines is 1. The molecule has 14 heavy (non-hydrogen) atoms. The van der Waals surface area contributed by atoms with Crippen LogP contribution < -0.4 is 9.80 Å². The topological polar surface area (TPSA) is 78.7 Å². The van der Waals surface area contributed by atoms with Crippen LogP contribution >= 0.6 is 0 Å². The third-order valence-electron chi connectivity index (χ3n) is 1.71. The molecule has 0 aliphatic carbocycles. The van der Waals surface area contributed by atoms with Gasteiger partial charge in [0.15, 0.2) is 0 Å². The van der Waals surface area contributed by atoms with Crippen molar-refractivity contribution in [2.24, 2.45) is 0 Å². The van der Waals surface area contributed by atoms with Gasteiger partial charge in [0.05, 0.1) is 17.7 Å². The summed E-state index contributed by atoms with van der Waals surface area (Å²) < 4.78 is 4.88. The summed E-state index contributed by atoms with van der Waals surface area (Å²) in [5.74, 6) is 0.313. The number of methoxy groups -OCH3 is 1. The molecule has 1 aromatic carbocycles. The lowest BCUT2D eigenvalue weighted by atomic mass is 10.2. The number of nitro benzene ring substituents is 1. The van der Waals surface area contributed by atoms with E-state index in [1.165, 1.54) is 32.4 Å². The van der Waals surface area contributed by atoms with Crippen molar-refractivity contribution in [3.63, 3.8) is 0 Å². The molecule has 1 aromatic rings. The summed E-state index contributed by atoms with van der Waals surface area (Å²) in [7, 11) is 2.65. The second-order valence-corrected chi connectivity index (χ2v) is 2.61. The molecule has 0 saturated heterocycles. The first-order valence-corrected chi connectivity index (χ1v) is 3.79. The van der Waals surface area contributed by atoms with E-state index in [9.17, 15) is 15.3 Å². The molecule has 76 valence electrons. The summed E-state index contributed by atoms with van der Waals surface area (Å²) in [6.45, 7) is 0. The third kappa shape index (κ3) is 1.91. The molecule has 0 spiro atoms. The van der Waals surface area contributed by atoms with Gasteiger partial charge < -0.3 is 15.0 Å². The van der Waals surface area contributed by atoms with Crippen LogP contribution in [0, 0.1) is 15.3 Å². The Labute approximate surface area is 80.4 Å². The Hall–Kier alpha value is -1.82. The molecule has 0 bridgehead atoms. The summed E-state index contributed by atoms with van der Waals surface area (Å²) in [5, 5.41) is 22.0. The van der Waals surface area contributed by atoms with Gasteiger partial charge in [0, 0.05) is 12.1 Å². The first-order chi connectivity index (χ1) is 6.56. The van der Waals surface area contributed by atoms with Gasteiger partial charge in [0.2, 0.25) is 0 Å². The lowest BCUT2D eigenvalue weighted by Crippen LogP contribution is -2.08. The first kappa shape index (κ1) is 10.3. The largest absolute Gasteiger partial charge is 0.758 e. The number of hydrogen-bond donors (Lipinski definition) is 0. The highest BCUT2D eigenvalue weighted by molar-refractivity contribution is 5.63. The highest BCUT2D eigenvalue weighted by Gasteiger charge is 2.10. The van der Waals surface area contributed by atoms with Gasteiger partial charge >= 0.3 is 0 Å². The molecular formula is C8H9N2O4-. The molecule has 0 unspecified atom stereocenters. The molecule has 0 heterocycles. The second kappa shape index (κ2) is 3.93. The molecule has 0 saturated carbocycles. The van der Waals surface area contributed by atoms with E-state index >= 15 is 0 Å². The molecule has 0 N–H and O–H groups in total. The van der Waals surface area contributed by atoms with Crippen molar-refractivity contribution in [1.82, 2.24) is 0 Å².